The Morgan fingerprint density at radius 1 is 1.42 bits per heavy atom. The van der Waals surface area contributed by atoms with Crippen LogP contribution in [-0.4, -0.2) is 48.4 Å². The highest BCUT2D eigenvalue weighted by atomic mass is 16.5. The quantitative estimate of drug-likeness (QED) is 0.918. The van der Waals surface area contributed by atoms with E-state index in [-0.39, 0.29) is 0 Å². The minimum atomic E-state index is -0.977. The fourth-order valence-electron chi connectivity index (χ4n) is 2.11. The third kappa shape index (κ3) is 2.71. The second-order valence-corrected chi connectivity index (χ2v) is 4.74. The van der Waals surface area contributed by atoms with E-state index in [2.05, 4.69) is 4.90 Å². The Balaban J connectivity index is 2.50. The molecule has 0 aliphatic heterocycles. The Bertz CT molecular complexity index is 602. The summed E-state index contributed by atoms with van der Waals surface area (Å²) in [6.07, 6.45) is 1.53. The third-order valence-corrected chi connectivity index (χ3v) is 3.13. The Morgan fingerprint density at radius 3 is 2.74 bits per heavy atom. The number of hydrogen-bond donors (Lipinski definition) is 1. The topological polar surface area (TPSA) is 54.7 Å². The van der Waals surface area contributed by atoms with Gasteiger partial charge in [-0.25, -0.2) is 4.79 Å². The van der Waals surface area contributed by atoms with E-state index in [9.17, 15) is 9.90 Å². The molecule has 0 amide bonds. The van der Waals surface area contributed by atoms with Crippen LogP contribution in [0.3, 0.4) is 0 Å². The van der Waals surface area contributed by atoms with Crippen LogP contribution >= 0.6 is 0 Å². The fraction of sp³-hybridized carbons (Fsp3) is 0.357. The van der Waals surface area contributed by atoms with E-state index in [4.69, 9.17) is 4.74 Å². The van der Waals surface area contributed by atoms with Gasteiger partial charge in [-0.2, -0.15) is 0 Å². The molecule has 19 heavy (non-hydrogen) atoms. The summed E-state index contributed by atoms with van der Waals surface area (Å²) in [5.74, 6) is 0.659. The van der Waals surface area contributed by atoms with Crippen molar-refractivity contribution in [3.8, 4) is 5.75 Å². The van der Waals surface area contributed by atoms with Crippen LogP contribution in [0.1, 0.15) is 5.56 Å². The van der Waals surface area contributed by atoms with Crippen molar-refractivity contribution in [1.29, 1.82) is 0 Å². The Hall–Kier alpha value is -2.01. The van der Waals surface area contributed by atoms with Gasteiger partial charge in [-0.15, -0.1) is 0 Å². The summed E-state index contributed by atoms with van der Waals surface area (Å²) in [5, 5.41) is 10.2. The van der Waals surface area contributed by atoms with E-state index in [0.29, 0.717) is 11.3 Å². The normalized spacial score (nSPS) is 11.2. The summed E-state index contributed by atoms with van der Waals surface area (Å²) >= 11 is 0. The van der Waals surface area contributed by atoms with Crippen LogP contribution in [0.2, 0.25) is 0 Å². The summed E-state index contributed by atoms with van der Waals surface area (Å²) in [5.41, 5.74) is 1.70. The molecule has 0 fully saturated rings. The van der Waals surface area contributed by atoms with Crippen molar-refractivity contribution in [3.05, 3.63) is 30.0 Å². The minimum absolute atomic E-state index is 0.659. The standard InChI is InChI=1S/C14H18N2O3/c1-15(2)7-6-10-9-16(14(17)18)13-8-11(19-3)4-5-12(10)13/h4-5,8-9H,6-7H2,1-3H3,(H,17,18). The molecule has 1 heterocycles. The summed E-state index contributed by atoms with van der Waals surface area (Å²) in [6, 6.07) is 5.52. The lowest BCUT2D eigenvalue weighted by atomic mass is 10.1. The van der Waals surface area contributed by atoms with Gasteiger partial charge >= 0.3 is 6.09 Å². The van der Waals surface area contributed by atoms with Gasteiger partial charge in [0.15, 0.2) is 0 Å². The number of methoxy groups -OCH3 is 1. The van der Waals surface area contributed by atoms with E-state index >= 15 is 0 Å². The second-order valence-electron chi connectivity index (χ2n) is 4.74. The SMILES string of the molecule is COc1ccc2c(CCN(C)C)cn(C(=O)O)c2c1. The van der Waals surface area contributed by atoms with E-state index < -0.39 is 6.09 Å². The van der Waals surface area contributed by atoms with Crippen LogP contribution < -0.4 is 4.74 Å². The van der Waals surface area contributed by atoms with Gasteiger partial charge in [-0.05, 0) is 38.2 Å². The average molecular weight is 262 g/mol. The molecule has 102 valence electrons. The first kappa shape index (κ1) is 13.4. The molecule has 5 nitrogen and oxygen atoms in total. The van der Waals surface area contributed by atoms with Crippen LogP contribution in [0.5, 0.6) is 5.75 Å². The summed E-state index contributed by atoms with van der Waals surface area (Å²) in [7, 11) is 5.57. The molecule has 0 spiro atoms. The van der Waals surface area contributed by atoms with Gasteiger partial charge in [-0.1, -0.05) is 0 Å². The number of carbonyl (C=O) groups is 1. The predicted molar refractivity (Wildman–Crippen MR) is 74.2 cm³/mol. The number of fused-ring (bicyclic) bond motifs is 1. The van der Waals surface area contributed by atoms with Crippen molar-refractivity contribution in [2.75, 3.05) is 27.7 Å². The van der Waals surface area contributed by atoms with Gasteiger partial charge in [0.05, 0.1) is 12.6 Å². The smallest absolute Gasteiger partial charge is 0.416 e. The molecule has 0 bridgehead atoms. The molecule has 0 saturated heterocycles. The van der Waals surface area contributed by atoms with Gasteiger partial charge in [-0.3, -0.25) is 4.57 Å². The molecule has 0 unspecified atom stereocenters. The van der Waals surface area contributed by atoms with Crippen molar-refractivity contribution >= 4 is 17.0 Å². The molecule has 0 atom stereocenters. The zero-order chi connectivity index (χ0) is 14.0. The molecule has 1 N–H and O–H groups in total. The summed E-state index contributed by atoms with van der Waals surface area (Å²) < 4.78 is 6.40. The Labute approximate surface area is 112 Å². The number of aromatic nitrogens is 1. The first-order chi connectivity index (χ1) is 9.02. The van der Waals surface area contributed by atoms with Gasteiger partial charge in [0.1, 0.15) is 5.75 Å². The van der Waals surface area contributed by atoms with Crippen LogP contribution in [0.25, 0.3) is 10.9 Å². The molecule has 1 aromatic carbocycles. The first-order valence-corrected chi connectivity index (χ1v) is 6.09. The van der Waals surface area contributed by atoms with E-state index in [1.54, 1.807) is 19.4 Å². The molecule has 5 heteroatoms. The van der Waals surface area contributed by atoms with E-state index in [1.807, 2.05) is 26.2 Å². The number of rotatable bonds is 4. The van der Waals surface area contributed by atoms with E-state index in [1.165, 1.54) is 4.57 Å². The van der Waals surface area contributed by atoms with Crippen LogP contribution in [0.15, 0.2) is 24.4 Å². The number of likely N-dealkylation sites (N-methyl/N-ethyl adjacent to an activating group) is 1. The van der Waals surface area contributed by atoms with Gasteiger partial charge in [0.25, 0.3) is 0 Å². The maximum Gasteiger partial charge on any atom is 0.416 e. The van der Waals surface area contributed by atoms with Crippen LogP contribution in [-0.2, 0) is 6.42 Å². The third-order valence-electron chi connectivity index (χ3n) is 3.13. The van der Waals surface area contributed by atoms with Crippen molar-refractivity contribution in [1.82, 2.24) is 9.47 Å². The molecule has 2 aromatic rings. The van der Waals surface area contributed by atoms with E-state index in [0.717, 1.165) is 23.9 Å². The molecule has 0 saturated carbocycles. The highest BCUT2D eigenvalue weighted by Crippen LogP contribution is 2.26. The average Bonchev–Trinajstić information content (AvgIpc) is 2.74. The summed E-state index contributed by atoms with van der Waals surface area (Å²) in [4.78, 5) is 13.4. The predicted octanol–water partition coefficient (Wildman–Crippen LogP) is 2.28. The maximum absolute atomic E-state index is 11.3. The number of benzene rings is 1. The number of carboxylic acid groups (broad SMARTS) is 1. The number of ether oxygens (including phenoxy) is 1. The number of nitrogens with zero attached hydrogens (tertiary/aromatic N) is 2. The Morgan fingerprint density at radius 2 is 2.16 bits per heavy atom. The van der Waals surface area contributed by atoms with Crippen molar-refractivity contribution in [2.24, 2.45) is 0 Å². The van der Waals surface area contributed by atoms with Gasteiger partial charge in [0.2, 0.25) is 0 Å². The van der Waals surface area contributed by atoms with Crippen LogP contribution in [0, 0.1) is 0 Å². The fourth-order valence-corrected chi connectivity index (χ4v) is 2.11. The first-order valence-electron chi connectivity index (χ1n) is 6.09. The molecule has 2 rings (SSSR count). The number of hydrogen-bond acceptors (Lipinski definition) is 3. The molecule has 0 radical (unpaired) electrons. The van der Waals surface area contributed by atoms with Crippen molar-refractivity contribution in [2.45, 2.75) is 6.42 Å². The lowest BCUT2D eigenvalue weighted by Crippen LogP contribution is -2.15. The monoisotopic (exact) mass is 262 g/mol. The highest BCUT2D eigenvalue weighted by Gasteiger charge is 2.13. The zero-order valence-corrected chi connectivity index (χ0v) is 11.4. The highest BCUT2D eigenvalue weighted by molar-refractivity contribution is 5.92. The molecule has 0 aliphatic carbocycles. The lowest BCUT2D eigenvalue weighted by molar-refractivity contribution is 0.197. The molecular formula is C14H18N2O3. The lowest BCUT2D eigenvalue weighted by Gasteiger charge is -2.08. The van der Waals surface area contributed by atoms with Crippen molar-refractivity contribution in [3.63, 3.8) is 0 Å². The minimum Gasteiger partial charge on any atom is -0.497 e. The van der Waals surface area contributed by atoms with Gasteiger partial charge < -0.3 is 14.7 Å². The molecule has 1 aromatic heterocycles. The molecular weight excluding hydrogens is 244 g/mol. The van der Waals surface area contributed by atoms with Crippen molar-refractivity contribution < 1.29 is 14.6 Å². The molecule has 0 aliphatic rings. The largest absolute Gasteiger partial charge is 0.497 e. The maximum atomic E-state index is 11.3. The Kier molecular flexibility index (Phi) is 3.76. The second kappa shape index (κ2) is 5.32. The van der Waals surface area contributed by atoms with Gasteiger partial charge in [0, 0.05) is 24.2 Å². The van der Waals surface area contributed by atoms with Crippen LogP contribution in [0.4, 0.5) is 4.79 Å². The summed E-state index contributed by atoms with van der Waals surface area (Å²) in [6.45, 7) is 0.880. The zero-order valence-electron chi connectivity index (χ0n) is 11.4.